The van der Waals surface area contributed by atoms with Gasteiger partial charge < -0.3 is 29.4 Å². The molecule has 1 aliphatic heterocycles. The van der Waals surface area contributed by atoms with Gasteiger partial charge in [-0.1, -0.05) is 61.0 Å². The van der Waals surface area contributed by atoms with Crippen molar-refractivity contribution in [3.8, 4) is 11.5 Å². The number of benzene rings is 4. The third-order valence-electron chi connectivity index (χ3n) is 8.59. The maximum absolute atomic E-state index is 12.6. The summed E-state index contributed by atoms with van der Waals surface area (Å²) in [6.45, 7) is 0.618. The third-order valence-corrected chi connectivity index (χ3v) is 8.59. The molecule has 11 heteroatoms. The molecule has 4 aromatic carbocycles. The fourth-order valence-electron chi connectivity index (χ4n) is 5.97. The Morgan fingerprint density at radius 3 is 1.84 bits per heavy atom. The van der Waals surface area contributed by atoms with Crippen molar-refractivity contribution in [1.82, 2.24) is 10.2 Å². The van der Waals surface area contributed by atoms with Crippen LogP contribution in [-0.4, -0.2) is 74.4 Å². The summed E-state index contributed by atoms with van der Waals surface area (Å²) in [4.78, 5) is 49.7. The van der Waals surface area contributed by atoms with Crippen molar-refractivity contribution < 1.29 is 43.2 Å². The van der Waals surface area contributed by atoms with Gasteiger partial charge in [0, 0.05) is 19.7 Å². The fraction of sp³-hybridized carbons (Fsp3) is 0.282. The lowest BCUT2D eigenvalue weighted by Crippen LogP contribution is -2.38. The van der Waals surface area contributed by atoms with Gasteiger partial charge in [0.2, 0.25) is 0 Å². The number of carbonyl (C=O) groups is 4. The minimum absolute atomic E-state index is 0.00101. The number of ether oxygens (including phenoxy) is 4. The van der Waals surface area contributed by atoms with Crippen molar-refractivity contribution in [3.05, 3.63) is 130 Å². The zero-order chi connectivity index (χ0) is 35.5. The number of carbonyl (C=O) groups excluding carboxylic acids is 3. The van der Waals surface area contributed by atoms with Gasteiger partial charge in [0.05, 0.1) is 37.5 Å². The highest BCUT2D eigenvalue weighted by Crippen LogP contribution is 2.41. The van der Waals surface area contributed by atoms with E-state index in [9.17, 15) is 24.3 Å². The maximum Gasteiger partial charge on any atom is 0.407 e. The Kier molecular flexibility index (Phi) is 11.8. The molecular formula is C39H40N2O9. The summed E-state index contributed by atoms with van der Waals surface area (Å²) in [6.07, 6.45) is 2.45. The number of hydrogen-bond acceptors (Lipinski definition) is 8. The fourth-order valence-corrected chi connectivity index (χ4v) is 5.97. The lowest BCUT2D eigenvalue weighted by atomic mass is 9.80. The molecule has 0 aliphatic carbocycles. The third kappa shape index (κ3) is 7.95. The Morgan fingerprint density at radius 2 is 1.26 bits per heavy atom. The largest absolute Gasteiger partial charge is 0.497 e. The van der Waals surface area contributed by atoms with E-state index in [2.05, 4.69) is 17.4 Å². The van der Waals surface area contributed by atoms with Crippen LogP contribution in [0.2, 0.25) is 0 Å². The Balaban J connectivity index is 1.09. The number of aromatic carboxylic acids is 1. The first-order chi connectivity index (χ1) is 24.3. The van der Waals surface area contributed by atoms with E-state index in [0.29, 0.717) is 13.0 Å². The molecule has 0 bridgehead atoms. The molecule has 0 fully saturated rings. The van der Waals surface area contributed by atoms with Crippen molar-refractivity contribution in [2.24, 2.45) is 0 Å². The van der Waals surface area contributed by atoms with Crippen molar-refractivity contribution >= 4 is 23.9 Å². The summed E-state index contributed by atoms with van der Waals surface area (Å²) in [7, 11) is 3.28. The van der Waals surface area contributed by atoms with Crippen LogP contribution < -0.4 is 14.8 Å². The number of methoxy groups -OCH3 is 2. The molecule has 0 unspecified atom stereocenters. The van der Waals surface area contributed by atoms with Crippen LogP contribution in [0.1, 0.15) is 73.4 Å². The number of amides is 3. The molecule has 0 aromatic heterocycles. The number of imide groups is 1. The highest BCUT2D eigenvalue weighted by Gasteiger charge is 2.38. The molecule has 3 amide bonds. The van der Waals surface area contributed by atoms with Gasteiger partial charge in [0.15, 0.2) is 0 Å². The molecule has 1 heterocycles. The first-order valence-electron chi connectivity index (χ1n) is 16.4. The summed E-state index contributed by atoms with van der Waals surface area (Å²) in [6, 6.07) is 29.7. The van der Waals surface area contributed by atoms with E-state index >= 15 is 0 Å². The van der Waals surface area contributed by atoms with E-state index < -0.39 is 29.5 Å². The van der Waals surface area contributed by atoms with Crippen LogP contribution in [0.25, 0.3) is 0 Å². The molecule has 11 nitrogen and oxygen atoms in total. The van der Waals surface area contributed by atoms with Gasteiger partial charge in [-0.05, 0) is 78.4 Å². The minimum atomic E-state index is -1.19. The average Bonchev–Trinajstić information content (AvgIpc) is 3.39. The number of fused-ring (bicyclic) bond motifs is 1. The lowest BCUT2D eigenvalue weighted by Gasteiger charge is -2.36. The van der Waals surface area contributed by atoms with Crippen LogP contribution in [0.15, 0.2) is 97.1 Å². The van der Waals surface area contributed by atoms with Gasteiger partial charge >= 0.3 is 12.1 Å². The molecule has 5 rings (SSSR count). The van der Waals surface area contributed by atoms with Crippen molar-refractivity contribution in [2.75, 3.05) is 40.5 Å². The number of alkyl carbamates (subject to hydrolysis) is 1. The van der Waals surface area contributed by atoms with Gasteiger partial charge in [-0.25, -0.2) is 9.59 Å². The van der Waals surface area contributed by atoms with Crippen LogP contribution in [-0.2, 0) is 15.1 Å². The summed E-state index contributed by atoms with van der Waals surface area (Å²) >= 11 is 0. The molecule has 260 valence electrons. The smallest absolute Gasteiger partial charge is 0.407 e. The minimum Gasteiger partial charge on any atom is -0.497 e. The quantitative estimate of drug-likeness (QED) is 0.0748. The molecule has 1 aliphatic rings. The topological polar surface area (TPSA) is 141 Å². The van der Waals surface area contributed by atoms with Gasteiger partial charge in [-0.15, -0.1) is 0 Å². The number of nitrogens with one attached hydrogen (secondary N) is 1. The average molecular weight is 681 g/mol. The standard InChI is InChI=1S/C39H40N2O9/c1-47-31-17-13-29(14-18-31)39(28-10-6-5-7-11-28,30-15-19-32(48-2)20-16-30)50-25-9-4-3-8-24-49-38(46)40-22-23-41-35(42)33-21-12-27(37(44)45)26-34(33)36(41)43/h5-7,10-21,26H,3-4,8-9,22-25H2,1-2H3,(H,40,46)(H,44,45). The van der Waals surface area contributed by atoms with E-state index in [4.69, 9.17) is 18.9 Å². The van der Waals surface area contributed by atoms with E-state index in [1.807, 2.05) is 66.7 Å². The van der Waals surface area contributed by atoms with Crippen LogP contribution in [0.3, 0.4) is 0 Å². The van der Waals surface area contributed by atoms with E-state index in [0.717, 1.165) is 52.4 Å². The molecular weight excluding hydrogens is 640 g/mol. The number of rotatable bonds is 17. The highest BCUT2D eigenvalue weighted by atomic mass is 16.5. The summed E-state index contributed by atoms with van der Waals surface area (Å²) < 4.78 is 23.0. The Bertz CT molecular complexity index is 1740. The van der Waals surface area contributed by atoms with Crippen LogP contribution in [0.4, 0.5) is 4.79 Å². The predicted octanol–water partition coefficient (Wildman–Crippen LogP) is 6.29. The van der Waals surface area contributed by atoms with Crippen molar-refractivity contribution in [3.63, 3.8) is 0 Å². The van der Waals surface area contributed by atoms with E-state index in [1.54, 1.807) is 14.2 Å². The predicted molar refractivity (Wildman–Crippen MR) is 185 cm³/mol. The maximum atomic E-state index is 12.6. The Labute approximate surface area is 290 Å². The number of nitrogens with zero attached hydrogens (tertiary/aromatic N) is 1. The first-order valence-corrected chi connectivity index (χ1v) is 16.4. The monoisotopic (exact) mass is 680 g/mol. The molecule has 50 heavy (non-hydrogen) atoms. The Morgan fingerprint density at radius 1 is 0.700 bits per heavy atom. The van der Waals surface area contributed by atoms with Gasteiger partial charge in [0.1, 0.15) is 17.1 Å². The summed E-state index contributed by atoms with van der Waals surface area (Å²) in [5.74, 6) is -0.816. The second-order valence-corrected chi connectivity index (χ2v) is 11.7. The molecule has 0 atom stereocenters. The zero-order valence-electron chi connectivity index (χ0n) is 28.1. The molecule has 0 saturated carbocycles. The summed E-state index contributed by atoms with van der Waals surface area (Å²) in [5.41, 5.74) is 2.13. The van der Waals surface area contributed by atoms with Crippen LogP contribution >= 0.6 is 0 Å². The number of carboxylic acids is 1. The van der Waals surface area contributed by atoms with Crippen LogP contribution in [0, 0.1) is 0 Å². The van der Waals surface area contributed by atoms with Gasteiger partial charge in [0.25, 0.3) is 11.8 Å². The number of carboxylic acid groups (broad SMARTS) is 1. The normalized spacial score (nSPS) is 12.4. The first kappa shape index (κ1) is 35.6. The van der Waals surface area contributed by atoms with Gasteiger partial charge in [-0.3, -0.25) is 14.5 Å². The second kappa shape index (κ2) is 16.6. The lowest BCUT2D eigenvalue weighted by molar-refractivity contribution is 0.0104. The van der Waals surface area contributed by atoms with Crippen molar-refractivity contribution in [1.29, 1.82) is 0 Å². The van der Waals surface area contributed by atoms with E-state index in [1.165, 1.54) is 18.2 Å². The van der Waals surface area contributed by atoms with Crippen LogP contribution in [0.5, 0.6) is 11.5 Å². The SMILES string of the molecule is COc1ccc(C(OCCCCCCOC(=O)NCCN2C(=O)c3ccc(C(=O)O)cc3C2=O)(c2ccccc2)c2ccc(OC)cc2)cc1. The molecule has 0 saturated heterocycles. The van der Waals surface area contributed by atoms with E-state index in [-0.39, 0.29) is 36.4 Å². The molecule has 4 aromatic rings. The summed E-state index contributed by atoms with van der Waals surface area (Å²) in [5, 5.41) is 11.7. The van der Waals surface area contributed by atoms with Crippen molar-refractivity contribution in [2.45, 2.75) is 31.3 Å². The number of hydrogen-bond donors (Lipinski definition) is 2. The highest BCUT2D eigenvalue weighted by molar-refractivity contribution is 6.21. The number of unbranched alkanes of at least 4 members (excludes halogenated alkanes) is 3. The molecule has 0 spiro atoms. The zero-order valence-corrected chi connectivity index (χ0v) is 28.1. The molecule has 0 radical (unpaired) electrons. The Hall–Kier alpha value is -5.68. The second-order valence-electron chi connectivity index (χ2n) is 11.7. The van der Waals surface area contributed by atoms with Gasteiger partial charge in [-0.2, -0.15) is 0 Å². The molecule has 2 N–H and O–H groups in total.